The minimum absolute atomic E-state index is 0.219. The molecule has 1 fully saturated rings. The van der Waals surface area contributed by atoms with Gasteiger partial charge in [0, 0.05) is 19.5 Å². The molecule has 1 atom stereocenters. The molecule has 19 heavy (non-hydrogen) atoms. The fourth-order valence-corrected chi connectivity index (χ4v) is 2.49. The van der Waals surface area contributed by atoms with Crippen molar-refractivity contribution in [3.05, 3.63) is 35.9 Å². The highest BCUT2D eigenvalue weighted by atomic mass is 16.5. The number of aryl methyl sites for hydroxylation is 1. The van der Waals surface area contributed by atoms with Gasteiger partial charge in [-0.05, 0) is 24.9 Å². The van der Waals surface area contributed by atoms with Crippen molar-refractivity contribution in [1.29, 1.82) is 0 Å². The fraction of sp³-hybridized carbons (Fsp3) is 0.562. The lowest BCUT2D eigenvalue weighted by atomic mass is 10.0. The molecule has 0 spiro atoms. The first kappa shape index (κ1) is 14.2. The lowest BCUT2D eigenvalue weighted by Gasteiger charge is -2.31. The molecule has 1 heterocycles. The van der Waals surface area contributed by atoms with Gasteiger partial charge in [-0.1, -0.05) is 37.3 Å². The zero-order valence-corrected chi connectivity index (χ0v) is 11.7. The second kappa shape index (κ2) is 7.41. The van der Waals surface area contributed by atoms with Gasteiger partial charge >= 0.3 is 0 Å². The maximum absolute atomic E-state index is 12.2. The first-order valence-electron chi connectivity index (χ1n) is 7.20. The van der Waals surface area contributed by atoms with Crippen LogP contribution >= 0.6 is 0 Å². The summed E-state index contributed by atoms with van der Waals surface area (Å²) in [6.07, 6.45) is 2.30. The van der Waals surface area contributed by atoms with E-state index in [-0.39, 0.29) is 11.9 Å². The number of carbonyl (C=O) groups is 1. The number of benzene rings is 1. The van der Waals surface area contributed by atoms with Crippen LogP contribution in [0.15, 0.2) is 30.3 Å². The number of hydrogen-bond donors (Lipinski definition) is 0. The molecule has 1 unspecified atom stereocenters. The Labute approximate surface area is 115 Å². The summed E-state index contributed by atoms with van der Waals surface area (Å²) in [7, 11) is 0. The zero-order chi connectivity index (χ0) is 13.5. The average Bonchev–Trinajstić information content (AvgIpc) is 2.46. The minimum atomic E-state index is -0.219. The number of morpholine rings is 1. The third-order valence-electron chi connectivity index (χ3n) is 3.55. The largest absolute Gasteiger partial charge is 0.368 e. The van der Waals surface area contributed by atoms with E-state index < -0.39 is 0 Å². The summed E-state index contributed by atoms with van der Waals surface area (Å²) in [6, 6.07) is 10.2. The average molecular weight is 261 g/mol. The molecule has 1 saturated heterocycles. The first-order chi connectivity index (χ1) is 9.29. The summed E-state index contributed by atoms with van der Waals surface area (Å²) < 4.78 is 5.61. The first-order valence-corrected chi connectivity index (χ1v) is 7.20. The molecule has 0 aliphatic carbocycles. The van der Waals surface area contributed by atoms with Crippen LogP contribution in [0.5, 0.6) is 0 Å². The maximum Gasteiger partial charge on any atom is 0.163 e. The van der Waals surface area contributed by atoms with E-state index in [1.165, 1.54) is 5.56 Å². The Morgan fingerprint density at radius 2 is 2.16 bits per heavy atom. The van der Waals surface area contributed by atoms with Crippen LogP contribution in [0.1, 0.15) is 25.3 Å². The van der Waals surface area contributed by atoms with Crippen molar-refractivity contribution in [2.75, 3.05) is 26.2 Å². The minimum Gasteiger partial charge on any atom is -0.368 e. The van der Waals surface area contributed by atoms with Crippen LogP contribution in [0.25, 0.3) is 0 Å². The highest BCUT2D eigenvalue weighted by Gasteiger charge is 2.25. The molecule has 0 aromatic heterocycles. The van der Waals surface area contributed by atoms with Gasteiger partial charge in [-0.3, -0.25) is 9.69 Å². The van der Waals surface area contributed by atoms with Crippen molar-refractivity contribution in [2.45, 2.75) is 32.3 Å². The number of carbonyl (C=O) groups excluding carboxylic acids is 1. The van der Waals surface area contributed by atoms with Crippen LogP contribution in [0, 0.1) is 0 Å². The van der Waals surface area contributed by atoms with Crippen molar-refractivity contribution in [2.24, 2.45) is 0 Å². The molecule has 0 saturated carbocycles. The van der Waals surface area contributed by atoms with Crippen molar-refractivity contribution < 1.29 is 9.53 Å². The van der Waals surface area contributed by atoms with Gasteiger partial charge in [-0.15, -0.1) is 0 Å². The third kappa shape index (κ3) is 4.44. The Balaban J connectivity index is 1.79. The van der Waals surface area contributed by atoms with Crippen molar-refractivity contribution >= 4 is 5.78 Å². The Bertz CT molecular complexity index is 389. The summed E-state index contributed by atoms with van der Waals surface area (Å²) in [5, 5.41) is 0. The predicted octanol–water partition coefficient (Wildman–Crippen LogP) is 2.30. The van der Waals surface area contributed by atoms with Crippen LogP contribution in [-0.4, -0.2) is 43.0 Å². The molecular formula is C16H23NO2. The second-order valence-electron chi connectivity index (χ2n) is 5.11. The molecular weight excluding hydrogens is 238 g/mol. The standard InChI is InChI=1S/C16H23NO2/c1-2-10-17-11-12-19-16(13-17)15(18)9-8-14-6-4-3-5-7-14/h3-7,16H,2,8-13H2,1H3. The Hall–Kier alpha value is -1.19. The lowest BCUT2D eigenvalue weighted by Crippen LogP contribution is -2.46. The van der Waals surface area contributed by atoms with Crippen LogP contribution in [0.2, 0.25) is 0 Å². The molecule has 104 valence electrons. The number of ketones is 1. The molecule has 1 aromatic rings. The van der Waals surface area contributed by atoms with Crippen LogP contribution in [0.4, 0.5) is 0 Å². The van der Waals surface area contributed by atoms with E-state index in [1.54, 1.807) is 0 Å². The molecule has 0 bridgehead atoms. The van der Waals surface area contributed by atoms with Gasteiger partial charge in [0.15, 0.2) is 5.78 Å². The second-order valence-corrected chi connectivity index (χ2v) is 5.11. The predicted molar refractivity (Wildman–Crippen MR) is 76.2 cm³/mol. The molecule has 3 nitrogen and oxygen atoms in total. The molecule has 1 aliphatic rings. The molecule has 3 heteroatoms. The summed E-state index contributed by atoms with van der Waals surface area (Å²) >= 11 is 0. The summed E-state index contributed by atoms with van der Waals surface area (Å²) in [5.74, 6) is 0.240. The lowest BCUT2D eigenvalue weighted by molar-refractivity contribution is -0.136. The molecule has 1 aliphatic heterocycles. The van der Waals surface area contributed by atoms with Gasteiger partial charge in [0.1, 0.15) is 6.10 Å². The van der Waals surface area contributed by atoms with Gasteiger partial charge in [-0.25, -0.2) is 0 Å². The van der Waals surface area contributed by atoms with E-state index in [4.69, 9.17) is 4.74 Å². The van der Waals surface area contributed by atoms with Gasteiger partial charge in [0.25, 0.3) is 0 Å². The number of nitrogens with zero attached hydrogens (tertiary/aromatic N) is 1. The van der Waals surface area contributed by atoms with E-state index in [9.17, 15) is 4.79 Å². The summed E-state index contributed by atoms with van der Waals surface area (Å²) in [5.41, 5.74) is 1.22. The number of ether oxygens (including phenoxy) is 1. The zero-order valence-electron chi connectivity index (χ0n) is 11.7. The van der Waals surface area contributed by atoms with E-state index in [2.05, 4.69) is 24.0 Å². The quantitative estimate of drug-likeness (QED) is 0.787. The van der Waals surface area contributed by atoms with Crippen LogP contribution in [-0.2, 0) is 16.0 Å². The van der Waals surface area contributed by atoms with Crippen molar-refractivity contribution in [1.82, 2.24) is 4.90 Å². The van der Waals surface area contributed by atoms with Crippen LogP contribution in [0.3, 0.4) is 0 Å². The summed E-state index contributed by atoms with van der Waals surface area (Å²) in [4.78, 5) is 14.5. The topological polar surface area (TPSA) is 29.5 Å². The molecule has 0 N–H and O–H groups in total. The normalized spacial score (nSPS) is 20.4. The molecule has 0 amide bonds. The van der Waals surface area contributed by atoms with Crippen LogP contribution < -0.4 is 0 Å². The van der Waals surface area contributed by atoms with Gasteiger partial charge in [0.05, 0.1) is 6.61 Å². The van der Waals surface area contributed by atoms with Gasteiger partial charge in [0.2, 0.25) is 0 Å². The smallest absolute Gasteiger partial charge is 0.163 e. The SMILES string of the molecule is CCCN1CCOC(C(=O)CCc2ccccc2)C1. The van der Waals surface area contributed by atoms with Crippen molar-refractivity contribution in [3.63, 3.8) is 0 Å². The highest BCUT2D eigenvalue weighted by molar-refractivity contribution is 5.83. The Morgan fingerprint density at radius 3 is 2.89 bits per heavy atom. The van der Waals surface area contributed by atoms with E-state index >= 15 is 0 Å². The van der Waals surface area contributed by atoms with E-state index in [0.29, 0.717) is 13.0 Å². The maximum atomic E-state index is 12.2. The highest BCUT2D eigenvalue weighted by Crippen LogP contribution is 2.11. The number of rotatable bonds is 6. The number of hydrogen-bond acceptors (Lipinski definition) is 3. The molecule has 1 aromatic carbocycles. The Kier molecular flexibility index (Phi) is 5.55. The monoisotopic (exact) mass is 261 g/mol. The molecule has 0 radical (unpaired) electrons. The Morgan fingerprint density at radius 1 is 1.37 bits per heavy atom. The summed E-state index contributed by atoms with van der Waals surface area (Å²) in [6.45, 7) is 5.63. The van der Waals surface area contributed by atoms with E-state index in [0.717, 1.165) is 32.5 Å². The third-order valence-corrected chi connectivity index (χ3v) is 3.55. The van der Waals surface area contributed by atoms with Gasteiger partial charge < -0.3 is 4.74 Å². The van der Waals surface area contributed by atoms with Crippen molar-refractivity contribution in [3.8, 4) is 0 Å². The van der Waals surface area contributed by atoms with Gasteiger partial charge in [-0.2, -0.15) is 0 Å². The van der Waals surface area contributed by atoms with E-state index in [1.807, 2.05) is 18.2 Å². The fourth-order valence-electron chi connectivity index (χ4n) is 2.49. The number of Topliss-reactive ketones (excluding diaryl/α,β-unsaturated/α-hetero) is 1. The molecule has 2 rings (SSSR count).